The zero-order valence-corrected chi connectivity index (χ0v) is 52.5. The molecule has 6 heteroatoms. The van der Waals surface area contributed by atoms with E-state index in [2.05, 4.69) is 167 Å². The fourth-order valence-electron chi connectivity index (χ4n) is 8.92. The van der Waals surface area contributed by atoms with Gasteiger partial charge in [0.15, 0.2) is 6.10 Å². The van der Waals surface area contributed by atoms with Gasteiger partial charge in [-0.25, -0.2) is 0 Å². The van der Waals surface area contributed by atoms with E-state index in [1.165, 1.54) is 96.3 Å². The molecule has 0 saturated heterocycles. The van der Waals surface area contributed by atoms with Crippen molar-refractivity contribution in [3.05, 3.63) is 146 Å². The molecule has 0 aliphatic carbocycles. The smallest absolute Gasteiger partial charge is 0.306 e. The third-order valence-electron chi connectivity index (χ3n) is 13.8. The van der Waals surface area contributed by atoms with Crippen molar-refractivity contribution in [2.24, 2.45) is 0 Å². The van der Waals surface area contributed by atoms with Gasteiger partial charge in [-0.3, -0.25) is 14.4 Å². The second-order valence-electron chi connectivity index (χ2n) is 21.6. The number of unbranched alkanes of at least 4 members (excludes halogenated alkanes) is 24. The number of carbonyl (C=O) groups excluding carboxylic acids is 3. The van der Waals surface area contributed by atoms with Crippen LogP contribution in [-0.4, -0.2) is 37.2 Å². The molecule has 0 fully saturated rings. The van der Waals surface area contributed by atoms with Crippen molar-refractivity contribution in [1.82, 2.24) is 0 Å². The van der Waals surface area contributed by atoms with Gasteiger partial charge in [-0.2, -0.15) is 0 Å². The summed E-state index contributed by atoms with van der Waals surface area (Å²) in [7, 11) is 0. The zero-order valence-electron chi connectivity index (χ0n) is 52.5. The third kappa shape index (κ3) is 66.0. The number of allylic oxidation sites excluding steroid dienone is 24. The van der Waals surface area contributed by atoms with Gasteiger partial charge in [0.05, 0.1) is 0 Å². The highest BCUT2D eigenvalue weighted by Gasteiger charge is 2.19. The summed E-state index contributed by atoms with van der Waals surface area (Å²) in [6, 6.07) is 0. The molecule has 458 valence electrons. The Hall–Kier alpha value is -4.71. The van der Waals surface area contributed by atoms with Crippen molar-refractivity contribution in [2.45, 2.75) is 297 Å². The normalized spacial score (nSPS) is 13.1. The lowest BCUT2D eigenvalue weighted by atomic mass is 10.0. The molecule has 0 amide bonds. The van der Waals surface area contributed by atoms with E-state index in [-0.39, 0.29) is 31.1 Å². The van der Waals surface area contributed by atoms with E-state index in [1.54, 1.807) is 0 Å². The van der Waals surface area contributed by atoms with Crippen molar-refractivity contribution in [1.29, 1.82) is 0 Å². The zero-order chi connectivity index (χ0) is 58.5. The maximum absolute atomic E-state index is 12.9. The summed E-state index contributed by atoms with van der Waals surface area (Å²) >= 11 is 0. The molecule has 0 spiro atoms. The van der Waals surface area contributed by atoms with E-state index in [1.807, 2.05) is 0 Å². The SMILES string of the molecule is CC/C=C\C/C=C\C/C=C\C/C=C\C/C=C\C/C=C\C/C=C\C/C=C\CCCCCCC(=O)OCC(COC(=O)CCCCCCCCCCCCCCC)OC(=O)CCCCCCCCCC/C=C\C/C=C\C/C=C\C/C=C\CC. The Balaban J connectivity index is 4.41. The minimum Gasteiger partial charge on any atom is -0.462 e. The van der Waals surface area contributed by atoms with E-state index < -0.39 is 6.10 Å². The Labute approximate surface area is 499 Å². The molecule has 0 N–H and O–H groups in total. The molecule has 6 nitrogen and oxygen atoms in total. The van der Waals surface area contributed by atoms with Gasteiger partial charge < -0.3 is 14.2 Å². The summed E-state index contributed by atoms with van der Waals surface area (Å²) < 4.78 is 16.9. The predicted molar refractivity (Wildman–Crippen MR) is 352 cm³/mol. The monoisotopic (exact) mass is 1120 g/mol. The van der Waals surface area contributed by atoms with Crippen LogP contribution in [0.1, 0.15) is 290 Å². The number of rotatable bonds is 59. The van der Waals surface area contributed by atoms with Crippen LogP contribution in [0.15, 0.2) is 146 Å². The molecule has 0 aliphatic heterocycles. The Morgan fingerprint density at radius 1 is 0.259 bits per heavy atom. The van der Waals surface area contributed by atoms with Crippen molar-refractivity contribution in [2.75, 3.05) is 13.2 Å². The maximum atomic E-state index is 12.9. The van der Waals surface area contributed by atoms with Gasteiger partial charge in [0.25, 0.3) is 0 Å². The fraction of sp³-hybridized carbons (Fsp3) is 0.640. The van der Waals surface area contributed by atoms with Crippen LogP contribution in [0.3, 0.4) is 0 Å². The predicted octanol–water partition coefficient (Wildman–Crippen LogP) is 23.1. The number of carbonyl (C=O) groups is 3. The molecule has 0 aromatic carbocycles. The minimum atomic E-state index is -0.799. The third-order valence-corrected chi connectivity index (χ3v) is 13.8. The molecule has 0 radical (unpaired) electrons. The average molecular weight is 1120 g/mol. The molecule has 1 unspecified atom stereocenters. The van der Waals surface area contributed by atoms with Crippen LogP contribution in [-0.2, 0) is 28.6 Å². The molecule has 0 rings (SSSR count). The minimum absolute atomic E-state index is 0.0919. The lowest BCUT2D eigenvalue weighted by Gasteiger charge is -2.18. The van der Waals surface area contributed by atoms with Crippen molar-refractivity contribution in [3.8, 4) is 0 Å². The summed E-state index contributed by atoms with van der Waals surface area (Å²) in [5.41, 5.74) is 0. The standard InChI is InChI=1S/C75H122O6/c1-4-7-10-13-16-19-22-25-27-29-31-33-34-35-36-37-38-39-40-42-43-45-47-50-53-56-59-62-65-68-74(77)80-71-72(70-79-73(76)67-64-61-58-55-52-49-24-21-18-15-12-9-6-3)81-75(78)69-66-63-60-57-54-51-48-46-44-41-32-30-28-26-23-20-17-14-11-8-5-2/h7-8,10-11,16-17,19-20,25-28,31-33,35-36,38-39,41-43,47,50,72H,4-6,9,12-15,18,21-24,29-30,34,37,40,44-46,48-49,51-71H2,1-3H3/b10-7-,11-8-,19-16-,20-17-,27-25-,28-26-,33-31-,36-35-,39-38-,41-32-,43-42-,50-47-. The molecule has 0 saturated carbocycles. The van der Waals surface area contributed by atoms with Gasteiger partial charge in [-0.05, 0) is 122 Å². The summed E-state index contributed by atoms with van der Waals surface area (Å²) in [4.78, 5) is 38.4. The van der Waals surface area contributed by atoms with Gasteiger partial charge in [0.2, 0.25) is 0 Å². The average Bonchev–Trinajstić information content (AvgIpc) is 3.46. The lowest BCUT2D eigenvalue weighted by Crippen LogP contribution is -2.30. The first-order valence-electron chi connectivity index (χ1n) is 33.3. The van der Waals surface area contributed by atoms with E-state index in [4.69, 9.17) is 14.2 Å². The van der Waals surface area contributed by atoms with Crippen LogP contribution in [0.4, 0.5) is 0 Å². The summed E-state index contributed by atoms with van der Waals surface area (Å²) in [5, 5.41) is 0. The van der Waals surface area contributed by atoms with Crippen molar-refractivity contribution < 1.29 is 28.6 Å². The Morgan fingerprint density at radius 2 is 0.481 bits per heavy atom. The highest BCUT2D eigenvalue weighted by atomic mass is 16.6. The number of esters is 3. The van der Waals surface area contributed by atoms with Crippen LogP contribution in [0, 0.1) is 0 Å². The number of hydrogen-bond donors (Lipinski definition) is 0. The van der Waals surface area contributed by atoms with Gasteiger partial charge in [0.1, 0.15) is 13.2 Å². The van der Waals surface area contributed by atoms with Crippen LogP contribution in [0.25, 0.3) is 0 Å². The second-order valence-corrected chi connectivity index (χ2v) is 21.6. The quantitative estimate of drug-likeness (QED) is 0.0261. The molecule has 0 aromatic heterocycles. The van der Waals surface area contributed by atoms with E-state index in [0.29, 0.717) is 19.3 Å². The largest absolute Gasteiger partial charge is 0.462 e. The Bertz CT molecular complexity index is 1760. The Kier molecular flexibility index (Phi) is 63.9. The van der Waals surface area contributed by atoms with Crippen molar-refractivity contribution >= 4 is 17.9 Å². The molecular weight excluding hydrogens is 997 g/mol. The topological polar surface area (TPSA) is 78.9 Å². The van der Waals surface area contributed by atoms with Crippen LogP contribution < -0.4 is 0 Å². The van der Waals surface area contributed by atoms with Crippen molar-refractivity contribution in [3.63, 3.8) is 0 Å². The molecule has 81 heavy (non-hydrogen) atoms. The summed E-state index contributed by atoms with van der Waals surface area (Å²) in [6.07, 6.45) is 97.1. The molecule has 0 heterocycles. The van der Waals surface area contributed by atoms with Crippen LogP contribution in [0.2, 0.25) is 0 Å². The highest BCUT2D eigenvalue weighted by Crippen LogP contribution is 2.16. The van der Waals surface area contributed by atoms with Gasteiger partial charge in [-0.15, -0.1) is 0 Å². The van der Waals surface area contributed by atoms with Crippen LogP contribution in [0.5, 0.6) is 0 Å². The first-order chi connectivity index (χ1) is 40.0. The Morgan fingerprint density at radius 3 is 0.753 bits per heavy atom. The first-order valence-corrected chi connectivity index (χ1v) is 33.3. The van der Waals surface area contributed by atoms with E-state index in [9.17, 15) is 14.4 Å². The molecule has 1 atom stereocenters. The molecule has 0 bridgehead atoms. The molecule has 0 aliphatic rings. The van der Waals surface area contributed by atoms with Gasteiger partial charge in [-0.1, -0.05) is 295 Å². The van der Waals surface area contributed by atoms with E-state index in [0.717, 1.165) is 154 Å². The molecular formula is C75H122O6. The maximum Gasteiger partial charge on any atom is 0.306 e. The fourth-order valence-corrected chi connectivity index (χ4v) is 8.92. The van der Waals surface area contributed by atoms with E-state index >= 15 is 0 Å². The summed E-state index contributed by atoms with van der Waals surface area (Å²) in [6.45, 7) is 6.40. The number of hydrogen-bond acceptors (Lipinski definition) is 6. The second kappa shape index (κ2) is 67.8. The molecule has 0 aromatic rings. The van der Waals surface area contributed by atoms with Gasteiger partial charge >= 0.3 is 17.9 Å². The number of ether oxygens (including phenoxy) is 3. The lowest BCUT2D eigenvalue weighted by molar-refractivity contribution is -0.167. The van der Waals surface area contributed by atoms with Gasteiger partial charge in [0, 0.05) is 19.3 Å². The van der Waals surface area contributed by atoms with Crippen LogP contribution >= 0.6 is 0 Å². The summed E-state index contributed by atoms with van der Waals surface area (Å²) in [5.74, 6) is -0.923. The highest BCUT2D eigenvalue weighted by molar-refractivity contribution is 5.71. The first kappa shape index (κ1) is 76.3.